The maximum atomic E-state index is 11.5. The maximum Gasteiger partial charge on any atom is 0.169 e. The Bertz CT molecular complexity index is 186. The lowest BCUT2D eigenvalue weighted by Gasteiger charge is -2.00. The van der Waals surface area contributed by atoms with E-state index in [1.165, 1.54) is 0 Å². The first-order chi connectivity index (χ1) is 4.93. The first-order valence-corrected chi connectivity index (χ1v) is 5.28. The topological polar surface area (TPSA) is 42.8 Å². The summed E-state index contributed by atoms with van der Waals surface area (Å²) in [6.07, 6.45) is 0. The monoisotopic (exact) mass is 201 g/mol. The molecule has 0 aliphatic heterocycles. The molecule has 0 spiro atoms. The van der Waals surface area contributed by atoms with Gasteiger partial charge < -0.3 is 4.51 Å². The minimum atomic E-state index is -0.446. The van der Waals surface area contributed by atoms with E-state index in [0.717, 1.165) is 8.51 Å². The Balaban J connectivity index is 2.43. The standard InChI is InChI=1S/C2H7FN3OP3/c3-1-2-7-6-9-4-8-5-10-6/h4,8-9H,1-2H2. The van der Waals surface area contributed by atoms with Crippen LogP contribution in [0.1, 0.15) is 0 Å². The molecule has 0 saturated carbocycles. The minimum Gasteiger partial charge on any atom is -0.311 e. The summed E-state index contributed by atoms with van der Waals surface area (Å²) in [5.41, 5.74) is 0. The van der Waals surface area contributed by atoms with Gasteiger partial charge in [0.2, 0.25) is 0 Å². The second-order valence-electron chi connectivity index (χ2n) is 1.33. The van der Waals surface area contributed by atoms with E-state index < -0.39 is 6.67 Å². The Morgan fingerprint density at radius 3 is 3.30 bits per heavy atom. The van der Waals surface area contributed by atoms with E-state index in [2.05, 4.69) is 9.02 Å². The van der Waals surface area contributed by atoms with Crippen LogP contribution < -0.4 is 4.84 Å². The van der Waals surface area contributed by atoms with Crippen LogP contribution in [-0.4, -0.2) is 26.6 Å². The molecule has 4 nitrogen and oxygen atoms in total. The van der Waals surface area contributed by atoms with Crippen LogP contribution in [-0.2, 0) is 0 Å². The minimum absolute atomic E-state index is 0.125. The molecule has 2 atom stereocenters. The van der Waals surface area contributed by atoms with Crippen molar-refractivity contribution in [1.29, 1.82) is 0 Å². The highest BCUT2D eigenvalue weighted by molar-refractivity contribution is 7.44. The van der Waals surface area contributed by atoms with Crippen molar-refractivity contribution in [3.05, 3.63) is 0 Å². The number of alkyl halides is 1. The molecule has 1 aromatic rings. The first kappa shape index (κ1) is 8.29. The number of halogens is 1. The Morgan fingerprint density at radius 1 is 1.80 bits per heavy atom. The molecule has 0 radical (unpaired) electrons. The Labute approximate surface area is 62.1 Å². The van der Waals surface area contributed by atoms with E-state index in [0.29, 0.717) is 17.0 Å². The van der Waals surface area contributed by atoms with Gasteiger partial charge in [-0.2, -0.15) is 8.76 Å². The summed E-state index contributed by atoms with van der Waals surface area (Å²) in [7, 11) is 1.64. The highest BCUT2D eigenvalue weighted by Gasteiger charge is 1.86. The van der Waals surface area contributed by atoms with E-state index in [4.69, 9.17) is 4.84 Å². The number of hydrogen-bond acceptors (Lipinski definition) is 2. The number of aromatic amines is 1. The molecule has 58 valence electrons. The highest BCUT2D eigenvalue weighted by Crippen LogP contribution is 2.08. The van der Waals surface area contributed by atoms with Gasteiger partial charge in [0.25, 0.3) is 0 Å². The molecule has 0 bridgehead atoms. The number of H-pyrrole nitrogens is 1. The molecule has 1 aromatic heterocycles. The third kappa shape index (κ3) is 2.85. The molecular weight excluding hydrogens is 194 g/mol. The third-order valence-electron chi connectivity index (χ3n) is 0.674. The van der Waals surface area contributed by atoms with Crippen molar-refractivity contribution in [3.8, 4) is 0 Å². The van der Waals surface area contributed by atoms with Crippen molar-refractivity contribution >= 4 is 25.5 Å². The van der Waals surface area contributed by atoms with E-state index >= 15 is 0 Å². The van der Waals surface area contributed by atoms with E-state index in [1.54, 1.807) is 4.26 Å². The fourth-order valence-corrected chi connectivity index (χ4v) is 3.42. The molecule has 1 rings (SSSR count). The van der Waals surface area contributed by atoms with Crippen molar-refractivity contribution < 1.29 is 9.23 Å². The number of nitrogens with zero attached hydrogens (tertiary/aromatic N) is 2. The summed E-state index contributed by atoms with van der Waals surface area (Å²) in [5, 5.41) is 0. The lowest BCUT2D eigenvalue weighted by Crippen LogP contribution is -2.08. The normalized spacial score (nSPS) is 12.1. The van der Waals surface area contributed by atoms with Crippen LogP contribution in [0.2, 0.25) is 0 Å². The Hall–Kier alpha value is 0.190. The Kier molecular flexibility index (Phi) is 4.08. The lowest BCUT2D eigenvalue weighted by atomic mass is 10.8. The highest BCUT2D eigenvalue weighted by atomic mass is 31.1. The molecule has 1 N–H and O–H groups in total. The quantitative estimate of drug-likeness (QED) is 0.802. The smallest absolute Gasteiger partial charge is 0.169 e. The zero-order chi connectivity index (χ0) is 7.23. The van der Waals surface area contributed by atoms with Gasteiger partial charge in [0, 0.05) is 17.0 Å². The molecule has 1 heterocycles. The molecule has 0 aromatic carbocycles. The summed E-state index contributed by atoms with van der Waals surface area (Å²) < 4.78 is 20.1. The van der Waals surface area contributed by atoms with Gasteiger partial charge in [-0.1, -0.05) is 0 Å². The molecule has 10 heavy (non-hydrogen) atoms. The van der Waals surface area contributed by atoms with Crippen molar-refractivity contribution in [2.75, 3.05) is 13.3 Å². The average Bonchev–Trinajstić information content (AvgIpc) is 2.03. The molecule has 8 heteroatoms. The number of rotatable bonds is 3. The average molecular weight is 201 g/mol. The van der Waals surface area contributed by atoms with Gasteiger partial charge in [-0.15, -0.1) is 0 Å². The molecule has 0 aliphatic rings. The van der Waals surface area contributed by atoms with Crippen LogP contribution in [0.3, 0.4) is 0 Å². The predicted octanol–water partition coefficient (Wildman–Crippen LogP) is 1.38. The molecule has 0 fully saturated rings. The van der Waals surface area contributed by atoms with Crippen LogP contribution >= 0.6 is 25.5 Å². The van der Waals surface area contributed by atoms with Crippen molar-refractivity contribution in [3.63, 3.8) is 0 Å². The zero-order valence-corrected chi connectivity index (χ0v) is 7.94. The largest absolute Gasteiger partial charge is 0.311 e. The van der Waals surface area contributed by atoms with Gasteiger partial charge in [0.1, 0.15) is 13.3 Å². The van der Waals surface area contributed by atoms with Gasteiger partial charge in [0.15, 0.2) is 8.51 Å². The second kappa shape index (κ2) is 4.92. The number of nitrogens with one attached hydrogen (secondary N) is 1. The van der Waals surface area contributed by atoms with Crippen molar-refractivity contribution in [2.24, 2.45) is 0 Å². The maximum absolute atomic E-state index is 11.5. The van der Waals surface area contributed by atoms with Crippen LogP contribution in [0, 0.1) is 0 Å². The summed E-state index contributed by atoms with van der Waals surface area (Å²) in [5.74, 6) is 0. The Morgan fingerprint density at radius 2 is 2.70 bits per heavy atom. The molecule has 0 aliphatic carbocycles. The van der Waals surface area contributed by atoms with Gasteiger partial charge in [0.05, 0.1) is 0 Å². The summed E-state index contributed by atoms with van der Waals surface area (Å²) >= 11 is 0. The number of hydrogen-bond donors (Lipinski definition) is 1. The summed E-state index contributed by atoms with van der Waals surface area (Å²) in [6, 6.07) is 0. The lowest BCUT2D eigenvalue weighted by molar-refractivity contribution is 0.139. The van der Waals surface area contributed by atoms with Gasteiger partial charge in [-0.3, -0.25) is 4.84 Å². The predicted molar refractivity (Wildman–Crippen MR) is 43.1 cm³/mol. The van der Waals surface area contributed by atoms with Gasteiger partial charge >= 0.3 is 0 Å². The van der Waals surface area contributed by atoms with Crippen molar-refractivity contribution in [1.82, 2.24) is 13.3 Å². The van der Waals surface area contributed by atoms with E-state index in [1.807, 2.05) is 0 Å². The van der Waals surface area contributed by atoms with Gasteiger partial charge in [-0.05, 0) is 0 Å². The van der Waals surface area contributed by atoms with E-state index in [9.17, 15) is 4.39 Å². The molecular formula is C2H7FN3OP3. The van der Waals surface area contributed by atoms with Crippen LogP contribution in [0.15, 0.2) is 0 Å². The SMILES string of the molecule is FCCOn1pn[pH][nH][pH]1. The fraction of sp³-hybridized carbons (Fsp3) is 1.00. The van der Waals surface area contributed by atoms with Crippen LogP contribution in [0.4, 0.5) is 4.39 Å². The molecule has 0 amide bonds. The summed E-state index contributed by atoms with van der Waals surface area (Å²) in [4.78, 5) is 4.94. The van der Waals surface area contributed by atoms with Crippen LogP contribution in [0.25, 0.3) is 0 Å². The molecule has 2 unspecified atom stereocenters. The summed E-state index contributed by atoms with van der Waals surface area (Å²) in [6.45, 7) is -0.320. The second-order valence-corrected chi connectivity index (χ2v) is 4.91. The van der Waals surface area contributed by atoms with Crippen molar-refractivity contribution in [2.45, 2.75) is 0 Å². The third-order valence-corrected chi connectivity index (χ3v) is 3.49. The zero-order valence-electron chi connectivity index (χ0n) is 5.04. The molecule has 0 saturated heterocycles. The fourth-order valence-electron chi connectivity index (χ4n) is 0.362. The number of aromatic nitrogens is 3. The first-order valence-electron chi connectivity index (χ1n) is 2.59. The van der Waals surface area contributed by atoms with Gasteiger partial charge in [-0.25, -0.2) is 4.39 Å². The van der Waals surface area contributed by atoms with E-state index in [-0.39, 0.29) is 6.61 Å². The van der Waals surface area contributed by atoms with Crippen LogP contribution in [0.5, 0.6) is 0 Å².